The van der Waals surface area contributed by atoms with E-state index in [4.69, 9.17) is 4.74 Å². The molecule has 1 aromatic carbocycles. The van der Waals surface area contributed by atoms with Crippen molar-refractivity contribution >= 4 is 27.6 Å². The number of anilines is 2. The first kappa shape index (κ1) is 23.6. The normalized spacial score (nSPS) is 13.9. The minimum absolute atomic E-state index is 0.0301. The molecule has 0 spiro atoms. The van der Waals surface area contributed by atoms with Gasteiger partial charge in [0.15, 0.2) is 0 Å². The Bertz CT molecular complexity index is 1290. The zero-order valence-electron chi connectivity index (χ0n) is 19.3. The molecule has 0 aliphatic heterocycles. The van der Waals surface area contributed by atoms with E-state index in [0.717, 1.165) is 11.1 Å². The molecular formula is C24H27N5O4S. The van der Waals surface area contributed by atoms with Gasteiger partial charge in [0.05, 0.1) is 29.2 Å². The fourth-order valence-electron chi connectivity index (χ4n) is 3.32. The topological polar surface area (TPSA) is 123 Å². The molecule has 2 heterocycles. The first-order valence-corrected chi connectivity index (χ1v) is 12.6. The van der Waals surface area contributed by atoms with Crippen LogP contribution in [0.3, 0.4) is 0 Å². The first-order valence-electron chi connectivity index (χ1n) is 11.0. The monoisotopic (exact) mass is 481 g/mol. The van der Waals surface area contributed by atoms with Crippen LogP contribution in [0.15, 0.2) is 55.0 Å². The fraction of sp³-hybridized carbons (Fsp3) is 0.333. The van der Waals surface area contributed by atoms with E-state index in [0.29, 0.717) is 36.6 Å². The van der Waals surface area contributed by atoms with Crippen LogP contribution < -0.4 is 14.8 Å². The van der Waals surface area contributed by atoms with Gasteiger partial charge in [0.2, 0.25) is 21.9 Å². The average molecular weight is 482 g/mol. The van der Waals surface area contributed by atoms with Crippen LogP contribution in [0.1, 0.15) is 39.3 Å². The number of hydrogen-bond acceptors (Lipinski definition) is 7. The van der Waals surface area contributed by atoms with Gasteiger partial charge in [0, 0.05) is 23.6 Å². The summed E-state index contributed by atoms with van der Waals surface area (Å²) < 4.78 is 32.3. The van der Waals surface area contributed by atoms with Crippen LogP contribution in [0.25, 0.3) is 11.1 Å². The van der Waals surface area contributed by atoms with E-state index in [2.05, 4.69) is 25.0 Å². The van der Waals surface area contributed by atoms with Crippen molar-refractivity contribution in [3.63, 3.8) is 0 Å². The molecule has 1 aliphatic carbocycles. The van der Waals surface area contributed by atoms with E-state index >= 15 is 0 Å². The molecule has 178 valence electrons. The molecule has 1 amide bonds. The molecule has 34 heavy (non-hydrogen) atoms. The van der Waals surface area contributed by atoms with Gasteiger partial charge in [-0.05, 0) is 63.4 Å². The van der Waals surface area contributed by atoms with Gasteiger partial charge in [-0.15, -0.1) is 0 Å². The van der Waals surface area contributed by atoms with Crippen molar-refractivity contribution in [2.45, 2.75) is 44.3 Å². The quantitative estimate of drug-likeness (QED) is 0.477. The lowest BCUT2D eigenvalue weighted by Crippen LogP contribution is -2.36. The third-order valence-electron chi connectivity index (χ3n) is 5.56. The Hall–Kier alpha value is -3.53. The Balaban J connectivity index is 1.46. The Morgan fingerprint density at radius 1 is 1.12 bits per heavy atom. The van der Waals surface area contributed by atoms with Crippen molar-refractivity contribution in [3.05, 3.63) is 60.7 Å². The SMILES string of the molecule is CCOc1cncc(-c2ccc(NC(=O)C(C)(C)c3ccnc(NS(=O)(=O)C4CC4)n3)cc2)c1. The van der Waals surface area contributed by atoms with Crippen molar-refractivity contribution in [2.24, 2.45) is 0 Å². The van der Waals surface area contributed by atoms with Crippen molar-refractivity contribution in [3.8, 4) is 16.9 Å². The maximum Gasteiger partial charge on any atom is 0.237 e. The van der Waals surface area contributed by atoms with E-state index in [1.807, 2.05) is 37.3 Å². The molecule has 2 N–H and O–H groups in total. The highest BCUT2D eigenvalue weighted by molar-refractivity contribution is 7.93. The van der Waals surface area contributed by atoms with Gasteiger partial charge in [-0.3, -0.25) is 14.5 Å². The lowest BCUT2D eigenvalue weighted by molar-refractivity contribution is -0.120. The molecule has 2 aromatic heterocycles. The van der Waals surface area contributed by atoms with E-state index in [9.17, 15) is 13.2 Å². The summed E-state index contributed by atoms with van der Waals surface area (Å²) in [5.41, 5.74) is 1.85. The number of nitrogens with one attached hydrogen (secondary N) is 2. The molecule has 0 radical (unpaired) electrons. The second-order valence-electron chi connectivity index (χ2n) is 8.61. The first-order chi connectivity index (χ1) is 16.2. The third kappa shape index (κ3) is 5.33. The molecule has 1 aliphatic rings. The number of amides is 1. The summed E-state index contributed by atoms with van der Waals surface area (Å²) in [5.74, 6) is 0.384. The molecule has 1 saturated carbocycles. The highest BCUT2D eigenvalue weighted by Gasteiger charge is 2.37. The molecule has 0 unspecified atom stereocenters. The maximum absolute atomic E-state index is 13.1. The summed E-state index contributed by atoms with van der Waals surface area (Å²) in [6.07, 6.45) is 6.14. The number of carbonyl (C=O) groups excluding carboxylic acids is 1. The summed E-state index contributed by atoms with van der Waals surface area (Å²) in [4.78, 5) is 25.6. The predicted octanol–water partition coefficient (Wildman–Crippen LogP) is 3.76. The van der Waals surface area contributed by atoms with Crippen molar-refractivity contribution in [1.82, 2.24) is 15.0 Å². The van der Waals surface area contributed by atoms with E-state index in [-0.39, 0.29) is 11.9 Å². The lowest BCUT2D eigenvalue weighted by Gasteiger charge is -2.23. The van der Waals surface area contributed by atoms with Gasteiger partial charge in [-0.1, -0.05) is 12.1 Å². The molecule has 1 fully saturated rings. The average Bonchev–Trinajstić information content (AvgIpc) is 3.66. The maximum atomic E-state index is 13.1. The van der Waals surface area contributed by atoms with E-state index < -0.39 is 20.7 Å². The lowest BCUT2D eigenvalue weighted by atomic mass is 9.88. The van der Waals surface area contributed by atoms with Crippen molar-refractivity contribution in [2.75, 3.05) is 16.6 Å². The Labute approximate surface area is 199 Å². The van der Waals surface area contributed by atoms with E-state index in [1.165, 1.54) is 6.20 Å². The zero-order valence-corrected chi connectivity index (χ0v) is 20.1. The van der Waals surface area contributed by atoms with Gasteiger partial charge in [-0.25, -0.2) is 18.4 Å². The molecule has 0 atom stereocenters. The molecular weight excluding hydrogens is 454 g/mol. The molecule has 0 saturated heterocycles. The number of sulfonamides is 1. The number of carbonyl (C=O) groups is 1. The van der Waals surface area contributed by atoms with Gasteiger partial charge in [0.1, 0.15) is 5.75 Å². The predicted molar refractivity (Wildman–Crippen MR) is 130 cm³/mol. The van der Waals surface area contributed by atoms with E-state index in [1.54, 1.807) is 32.3 Å². The highest BCUT2D eigenvalue weighted by atomic mass is 32.2. The zero-order chi connectivity index (χ0) is 24.3. The second kappa shape index (κ2) is 9.38. The van der Waals surface area contributed by atoms with Gasteiger partial charge in [-0.2, -0.15) is 0 Å². The van der Waals surface area contributed by atoms with Gasteiger partial charge < -0.3 is 10.1 Å². The number of nitrogens with zero attached hydrogens (tertiary/aromatic N) is 3. The number of benzene rings is 1. The molecule has 10 heteroatoms. The third-order valence-corrected chi connectivity index (χ3v) is 7.38. The van der Waals surface area contributed by atoms with Gasteiger partial charge in [0.25, 0.3) is 0 Å². The number of aromatic nitrogens is 3. The fourth-order valence-corrected chi connectivity index (χ4v) is 4.59. The Morgan fingerprint density at radius 3 is 2.53 bits per heavy atom. The van der Waals surface area contributed by atoms with Crippen LogP contribution in [0, 0.1) is 0 Å². The summed E-state index contributed by atoms with van der Waals surface area (Å²) >= 11 is 0. The minimum atomic E-state index is -3.49. The number of pyridine rings is 1. The molecule has 0 bridgehead atoms. The summed E-state index contributed by atoms with van der Waals surface area (Å²) in [5, 5.41) is 2.52. The number of hydrogen-bond donors (Lipinski definition) is 2. The standard InChI is InChI=1S/C24H27N5O4S/c1-4-33-19-13-17(14-25-15-19)16-5-7-18(8-6-16)27-22(30)24(2,3)21-11-12-26-23(28-21)29-34(31,32)20-9-10-20/h5-8,11-15,20H,4,9-10H2,1-3H3,(H,27,30)(H,26,28,29). The van der Waals surface area contributed by atoms with Crippen LogP contribution in [-0.4, -0.2) is 41.1 Å². The smallest absolute Gasteiger partial charge is 0.237 e. The molecule has 9 nitrogen and oxygen atoms in total. The summed E-state index contributed by atoms with van der Waals surface area (Å²) in [6.45, 7) is 5.93. The van der Waals surface area contributed by atoms with Crippen molar-refractivity contribution < 1.29 is 17.9 Å². The van der Waals surface area contributed by atoms with Crippen LogP contribution in [-0.2, 0) is 20.2 Å². The number of rotatable bonds is 9. The number of ether oxygens (including phenoxy) is 1. The second-order valence-corrected chi connectivity index (χ2v) is 10.6. The minimum Gasteiger partial charge on any atom is -0.492 e. The van der Waals surface area contributed by atoms with Crippen LogP contribution in [0.2, 0.25) is 0 Å². The van der Waals surface area contributed by atoms with Crippen LogP contribution >= 0.6 is 0 Å². The van der Waals surface area contributed by atoms with Crippen LogP contribution in [0.4, 0.5) is 11.6 Å². The van der Waals surface area contributed by atoms with Crippen molar-refractivity contribution in [1.29, 1.82) is 0 Å². The Kier molecular flexibility index (Phi) is 6.52. The molecule has 4 rings (SSSR count). The largest absolute Gasteiger partial charge is 0.492 e. The van der Waals surface area contributed by atoms with Gasteiger partial charge >= 0.3 is 0 Å². The van der Waals surface area contributed by atoms with Crippen LogP contribution in [0.5, 0.6) is 5.75 Å². The summed E-state index contributed by atoms with van der Waals surface area (Å²) in [7, 11) is -3.49. The highest BCUT2D eigenvalue weighted by Crippen LogP contribution is 2.30. The molecule has 3 aromatic rings. The summed E-state index contributed by atoms with van der Waals surface area (Å²) in [6, 6.07) is 10.9. The Morgan fingerprint density at radius 2 is 1.85 bits per heavy atom.